The average Bonchev–Trinajstić information content (AvgIpc) is 2.71. The van der Waals surface area contributed by atoms with Gasteiger partial charge >= 0.3 is 6.09 Å². The Bertz CT molecular complexity index is 1080. The number of benzene rings is 1. The van der Waals surface area contributed by atoms with Crippen LogP contribution in [0.25, 0.3) is 11.1 Å². The van der Waals surface area contributed by atoms with E-state index < -0.39 is 18.2 Å². The minimum absolute atomic E-state index is 0.0436. The SMILES string of the molecule is [2H]C([2H])(Oc1ccc2c(c1C#N)OCc1cnc(NC(=O)OC)cc1-2)C(C)(N)CC(C)C. The number of amides is 1. The zero-order chi connectivity index (χ0) is 23.7. The van der Waals surface area contributed by atoms with Crippen LogP contribution in [0.2, 0.25) is 0 Å². The molecule has 158 valence electrons. The molecule has 2 aromatic rings. The van der Waals surface area contributed by atoms with Crippen molar-refractivity contribution >= 4 is 11.9 Å². The molecule has 3 N–H and O–H groups in total. The van der Waals surface area contributed by atoms with E-state index in [9.17, 15) is 10.1 Å². The first-order valence-electron chi connectivity index (χ1n) is 10.5. The molecule has 30 heavy (non-hydrogen) atoms. The summed E-state index contributed by atoms with van der Waals surface area (Å²) in [6.45, 7) is 3.41. The van der Waals surface area contributed by atoms with Crippen molar-refractivity contribution < 1.29 is 21.7 Å². The van der Waals surface area contributed by atoms with E-state index in [1.807, 2.05) is 13.8 Å². The Hall–Kier alpha value is -3.31. The summed E-state index contributed by atoms with van der Waals surface area (Å²) in [6.07, 6.45) is 1.31. The summed E-state index contributed by atoms with van der Waals surface area (Å²) in [7, 11) is 1.25. The Labute approximate surface area is 178 Å². The third-order valence-electron chi connectivity index (χ3n) is 4.52. The van der Waals surface area contributed by atoms with Crippen LogP contribution in [-0.2, 0) is 11.3 Å². The fourth-order valence-electron chi connectivity index (χ4n) is 3.40. The number of aromatic nitrogens is 1. The summed E-state index contributed by atoms with van der Waals surface area (Å²) in [6, 6.07) is 6.92. The molecule has 1 aromatic heterocycles. The van der Waals surface area contributed by atoms with Crippen molar-refractivity contribution in [3.8, 4) is 28.7 Å². The van der Waals surface area contributed by atoms with E-state index in [1.54, 1.807) is 25.3 Å². The molecule has 0 saturated carbocycles. The number of nitriles is 1. The number of fused-ring (bicyclic) bond motifs is 3. The normalized spacial score (nSPS) is 15.4. The highest BCUT2D eigenvalue weighted by molar-refractivity contribution is 5.86. The van der Waals surface area contributed by atoms with Crippen LogP contribution < -0.4 is 20.5 Å². The number of carbonyl (C=O) groups excluding carboxylic acids is 1. The fraction of sp³-hybridized carbons (Fsp3) is 0.409. The molecule has 1 unspecified atom stereocenters. The van der Waals surface area contributed by atoms with Crippen LogP contribution in [0.1, 0.15) is 41.1 Å². The van der Waals surface area contributed by atoms with E-state index in [2.05, 4.69) is 21.1 Å². The Morgan fingerprint density at radius 2 is 2.27 bits per heavy atom. The first-order chi connectivity index (χ1) is 15.0. The van der Waals surface area contributed by atoms with Gasteiger partial charge in [-0.2, -0.15) is 5.26 Å². The second-order valence-corrected chi connectivity index (χ2v) is 7.78. The topological polar surface area (TPSA) is 119 Å². The maximum Gasteiger partial charge on any atom is 0.412 e. The first-order valence-corrected chi connectivity index (χ1v) is 9.51. The van der Waals surface area contributed by atoms with Crippen molar-refractivity contribution in [1.82, 2.24) is 4.98 Å². The molecule has 1 aromatic carbocycles. The van der Waals surface area contributed by atoms with E-state index in [0.29, 0.717) is 12.0 Å². The maximum atomic E-state index is 11.5. The van der Waals surface area contributed by atoms with E-state index >= 15 is 0 Å². The molecule has 0 aliphatic carbocycles. The van der Waals surface area contributed by atoms with Crippen molar-refractivity contribution in [2.45, 2.75) is 39.3 Å². The molecule has 8 heteroatoms. The summed E-state index contributed by atoms with van der Waals surface area (Å²) < 4.78 is 32.9. The van der Waals surface area contributed by atoms with Crippen molar-refractivity contribution in [3.05, 3.63) is 35.5 Å². The molecule has 1 aliphatic heterocycles. The quantitative estimate of drug-likeness (QED) is 0.740. The molecule has 0 saturated heterocycles. The van der Waals surface area contributed by atoms with Crippen LogP contribution in [-0.4, -0.2) is 30.3 Å². The Balaban J connectivity index is 2.01. The molecule has 0 radical (unpaired) electrons. The fourth-order valence-corrected chi connectivity index (χ4v) is 3.40. The van der Waals surface area contributed by atoms with E-state index in [1.165, 1.54) is 13.2 Å². The smallest absolute Gasteiger partial charge is 0.412 e. The highest BCUT2D eigenvalue weighted by atomic mass is 16.5. The van der Waals surface area contributed by atoms with E-state index in [-0.39, 0.29) is 35.4 Å². The summed E-state index contributed by atoms with van der Waals surface area (Å²) in [5, 5.41) is 12.3. The average molecular weight is 412 g/mol. The van der Waals surface area contributed by atoms with Crippen LogP contribution in [0, 0.1) is 17.2 Å². The minimum atomic E-state index is -2.23. The number of hydrogen-bond acceptors (Lipinski definition) is 7. The molecule has 1 amide bonds. The minimum Gasteiger partial charge on any atom is -0.490 e. The van der Waals surface area contributed by atoms with Crippen molar-refractivity contribution in [2.75, 3.05) is 19.0 Å². The van der Waals surface area contributed by atoms with Crippen molar-refractivity contribution in [3.63, 3.8) is 0 Å². The number of nitrogens with one attached hydrogen (secondary N) is 1. The standard InChI is InChI=1S/C22H26N4O4/c1-13(2)8-22(3,24)12-30-18-6-5-15-16-7-19(26-21(27)28-4)25-10-14(16)11-29-20(15)17(18)9-23/h5-7,10,13H,8,11-12,24H2,1-4H3,(H,25,26,27)/i12D2. The summed E-state index contributed by atoms with van der Waals surface area (Å²) in [5.41, 5.74) is 7.12. The van der Waals surface area contributed by atoms with Gasteiger partial charge in [-0.15, -0.1) is 0 Å². The molecule has 0 spiro atoms. The van der Waals surface area contributed by atoms with Gasteiger partial charge < -0.3 is 19.9 Å². The first kappa shape index (κ1) is 18.7. The zero-order valence-corrected chi connectivity index (χ0v) is 17.4. The number of carbonyl (C=O) groups is 1. The van der Waals surface area contributed by atoms with Crippen LogP contribution in [0.3, 0.4) is 0 Å². The monoisotopic (exact) mass is 412 g/mol. The van der Waals surface area contributed by atoms with E-state index in [4.69, 9.17) is 17.9 Å². The van der Waals surface area contributed by atoms with Crippen LogP contribution in [0.5, 0.6) is 11.5 Å². The van der Waals surface area contributed by atoms with Crippen molar-refractivity contribution in [1.29, 1.82) is 5.26 Å². The van der Waals surface area contributed by atoms with Gasteiger partial charge in [-0.3, -0.25) is 5.32 Å². The lowest BCUT2D eigenvalue weighted by atomic mass is 9.92. The van der Waals surface area contributed by atoms with Crippen molar-refractivity contribution in [2.24, 2.45) is 11.7 Å². The van der Waals surface area contributed by atoms with Gasteiger partial charge in [0.2, 0.25) is 0 Å². The van der Waals surface area contributed by atoms with Gasteiger partial charge in [0, 0.05) is 22.9 Å². The molecule has 3 rings (SSSR count). The lowest BCUT2D eigenvalue weighted by molar-refractivity contribution is 0.187. The number of pyridine rings is 1. The summed E-state index contributed by atoms with van der Waals surface area (Å²) in [4.78, 5) is 15.7. The highest BCUT2D eigenvalue weighted by Crippen LogP contribution is 2.43. The Morgan fingerprint density at radius 1 is 1.50 bits per heavy atom. The third-order valence-corrected chi connectivity index (χ3v) is 4.52. The summed E-state index contributed by atoms with van der Waals surface area (Å²) in [5.74, 6) is 0.753. The molecule has 1 atom stereocenters. The predicted octanol–water partition coefficient (Wildman–Crippen LogP) is 3.83. The second kappa shape index (κ2) is 8.59. The number of methoxy groups -OCH3 is 1. The number of anilines is 1. The van der Waals surface area contributed by atoms with E-state index in [0.717, 1.165) is 11.1 Å². The lowest BCUT2D eigenvalue weighted by Crippen LogP contribution is -2.43. The molecule has 0 bridgehead atoms. The number of hydrogen-bond donors (Lipinski definition) is 2. The molecule has 2 heterocycles. The van der Waals surface area contributed by atoms with Gasteiger partial charge in [-0.05, 0) is 43.0 Å². The number of ether oxygens (including phenoxy) is 3. The highest BCUT2D eigenvalue weighted by Gasteiger charge is 2.26. The zero-order valence-electron chi connectivity index (χ0n) is 19.4. The number of rotatable bonds is 6. The van der Waals surface area contributed by atoms with Gasteiger partial charge in [0.15, 0.2) is 0 Å². The van der Waals surface area contributed by atoms with Crippen LogP contribution >= 0.6 is 0 Å². The lowest BCUT2D eigenvalue weighted by Gasteiger charge is -2.28. The largest absolute Gasteiger partial charge is 0.490 e. The van der Waals surface area contributed by atoms with Gasteiger partial charge in [0.05, 0.1) is 9.85 Å². The van der Waals surface area contributed by atoms with Gasteiger partial charge in [0.1, 0.15) is 42.1 Å². The van der Waals surface area contributed by atoms with Gasteiger partial charge in [0.25, 0.3) is 0 Å². The Kier molecular flexibility index (Phi) is 5.36. The van der Waals surface area contributed by atoms with Gasteiger partial charge in [-0.1, -0.05) is 13.8 Å². The molecule has 1 aliphatic rings. The molecular weight excluding hydrogens is 384 g/mol. The second-order valence-electron chi connectivity index (χ2n) is 7.78. The van der Waals surface area contributed by atoms with Gasteiger partial charge in [-0.25, -0.2) is 9.78 Å². The molecular formula is C22H26N4O4. The summed E-state index contributed by atoms with van der Waals surface area (Å²) >= 11 is 0. The number of nitrogens with zero attached hydrogens (tertiary/aromatic N) is 2. The van der Waals surface area contributed by atoms with Crippen LogP contribution in [0.4, 0.5) is 10.6 Å². The molecule has 8 nitrogen and oxygen atoms in total. The number of nitrogens with two attached hydrogens (primary N) is 1. The maximum absolute atomic E-state index is 11.5. The molecule has 0 fully saturated rings. The predicted molar refractivity (Wildman–Crippen MR) is 112 cm³/mol. The van der Waals surface area contributed by atoms with Crippen LogP contribution in [0.15, 0.2) is 24.4 Å². The Morgan fingerprint density at radius 3 is 2.93 bits per heavy atom. The third kappa shape index (κ3) is 4.63.